The zero-order valence-electron chi connectivity index (χ0n) is 16.7. The fourth-order valence-corrected chi connectivity index (χ4v) is 3.45. The molecule has 0 spiro atoms. The molecule has 1 aliphatic rings. The number of amides is 4. The third kappa shape index (κ3) is 4.39. The molecule has 0 atom stereocenters. The number of para-hydroxylation sites is 1. The van der Waals surface area contributed by atoms with Crippen LogP contribution >= 0.6 is 0 Å². The maximum Gasteiger partial charge on any atom is 0.325 e. The number of rotatable bonds is 8. The summed E-state index contributed by atoms with van der Waals surface area (Å²) in [7, 11) is 0. The van der Waals surface area contributed by atoms with Crippen LogP contribution in [0.1, 0.15) is 32.3 Å². The highest BCUT2D eigenvalue weighted by molar-refractivity contribution is 6.09. The average Bonchev–Trinajstić information content (AvgIpc) is 2.99. The third-order valence-electron chi connectivity index (χ3n) is 5.27. The van der Waals surface area contributed by atoms with Crippen LogP contribution in [-0.2, 0) is 16.1 Å². The molecule has 2 aromatic carbocycles. The summed E-state index contributed by atoms with van der Waals surface area (Å²) in [5.74, 6) is -0.784. The average molecular weight is 394 g/mol. The molecule has 1 heterocycles. The Morgan fingerprint density at radius 3 is 2.14 bits per heavy atom. The summed E-state index contributed by atoms with van der Waals surface area (Å²) >= 11 is 0. The van der Waals surface area contributed by atoms with Crippen molar-refractivity contribution < 1.29 is 14.4 Å². The molecule has 1 saturated heterocycles. The van der Waals surface area contributed by atoms with Crippen LogP contribution in [0.2, 0.25) is 0 Å². The first-order chi connectivity index (χ1) is 14.0. The smallest absolute Gasteiger partial charge is 0.323 e. The topological polar surface area (TPSA) is 81.8 Å². The van der Waals surface area contributed by atoms with Crippen molar-refractivity contribution in [3.8, 4) is 0 Å². The van der Waals surface area contributed by atoms with Gasteiger partial charge in [-0.05, 0) is 30.5 Å². The van der Waals surface area contributed by atoms with Gasteiger partial charge in [0, 0.05) is 0 Å². The lowest BCUT2D eigenvalue weighted by Crippen LogP contribution is -2.49. The maximum absolute atomic E-state index is 12.7. The first-order valence-corrected chi connectivity index (χ1v) is 9.79. The predicted octanol–water partition coefficient (Wildman–Crippen LogP) is 2.84. The van der Waals surface area contributed by atoms with Gasteiger partial charge < -0.3 is 5.32 Å². The number of urea groups is 1. The van der Waals surface area contributed by atoms with Crippen LogP contribution in [0.4, 0.5) is 10.5 Å². The van der Waals surface area contributed by atoms with Gasteiger partial charge in [-0.2, -0.15) is 0 Å². The summed E-state index contributed by atoms with van der Waals surface area (Å²) < 4.78 is 0. The molecule has 29 heavy (non-hydrogen) atoms. The second-order valence-corrected chi connectivity index (χ2v) is 7.05. The number of hydrazine groups is 1. The largest absolute Gasteiger partial charge is 0.325 e. The van der Waals surface area contributed by atoms with Gasteiger partial charge in [-0.3, -0.25) is 24.9 Å². The van der Waals surface area contributed by atoms with Crippen molar-refractivity contribution in [3.63, 3.8) is 0 Å². The number of nitrogens with one attached hydrogen (secondary N) is 2. The quantitative estimate of drug-likeness (QED) is 0.533. The van der Waals surface area contributed by atoms with Crippen molar-refractivity contribution in [2.45, 2.75) is 38.8 Å². The van der Waals surface area contributed by atoms with E-state index >= 15 is 0 Å². The Morgan fingerprint density at radius 1 is 1.00 bits per heavy atom. The molecular weight excluding hydrogens is 368 g/mol. The number of nitrogens with zero attached hydrogens (tertiary/aromatic N) is 2. The van der Waals surface area contributed by atoms with Crippen molar-refractivity contribution in [1.82, 2.24) is 15.6 Å². The summed E-state index contributed by atoms with van der Waals surface area (Å²) in [4.78, 5) is 38.8. The van der Waals surface area contributed by atoms with Gasteiger partial charge in [0.25, 0.3) is 11.8 Å². The van der Waals surface area contributed by atoms with Crippen molar-refractivity contribution in [2.24, 2.45) is 0 Å². The zero-order valence-corrected chi connectivity index (χ0v) is 16.7. The molecule has 4 amide bonds. The van der Waals surface area contributed by atoms with E-state index in [1.165, 1.54) is 0 Å². The second kappa shape index (κ2) is 8.77. The number of benzene rings is 2. The van der Waals surface area contributed by atoms with Crippen LogP contribution in [-0.4, -0.2) is 34.8 Å². The van der Waals surface area contributed by atoms with E-state index in [4.69, 9.17) is 0 Å². The number of hydrogen-bond acceptors (Lipinski definition) is 4. The first-order valence-electron chi connectivity index (χ1n) is 9.79. The van der Waals surface area contributed by atoms with Crippen LogP contribution in [0.25, 0.3) is 0 Å². The minimum absolute atomic E-state index is 0.329. The fourth-order valence-electron chi connectivity index (χ4n) is 3.45. The molecule has 1 fully saturated rings. The normalized spacial score (nSPS) is 15.2. The molecule has 0 aromatic heterocycles. The van der Waals surface area contributed by atoms with Crippen LogP contribution in [0.15, 0.2) is 60.7 Å². The van der Waals surface area contributed by atoms with E-state index in [1.807, 2.05) is 74.5 Å². The highest BCUT2D eigenvalue weighted by Gasteiger charge is 2.49. The van der Waals surface area contributed by atoms with Crippen LogP contribution in [0, 0.1) is 0 Å². The Kier molecular flexibility index (Phi) is 6.16. The van der Waals surface area contributed by atoms with Crippen molar-refractivity contribution in [1.29, 1.82) is 0 Å². The van der Waals surface area contributed by atoms with Gasteiger partial charge in [-0.15, -0.1) is 0 Å². The highest BCUT2D eigenvalue weighted by atomic mass is 16.2. The van der Waals surface area contributed by atoms with E-state index in [0.717, 1.165) is 16.2 Å². The van der Waals surface area contributed by atoms with Crippen molar-refractivity contribution in [3.05, 3.63) is 66.2 Å². The lowest BCUT2D eigenvalue weighted by atomic mass is 9.93. The second-order valence-electron chi connectivity index (χ2n) is 7.05. The summed E-state index contributed by atoms with van der Waals surface area (Å²) in [6.07, 6.45) is 0.965. The van der Waals surface area contributed by atoms with E-state index in [9.17, 15) is 14.4 Å². The predicted molar refractivity (Wildman–Crippen MR) is 111 cm³/mol. The van der Waals surface area contributed by atoms with Crippen molar-refractivity contribution in [2.75, 3.05) is 11.6 Å². The number of carbonyl (C=O) groups excluding carboxylic acids is 3. The molecule has 0 aliphatic carbocycles. The number of carbonyl (C=O) groups is 3. The lowest BCUT2D eigenvalue weighted by molar-refractivity contribution is -0.135. The van der Waals surface area contributed by atoms with E-state index in [-0.39, 0.29) is 12.5 Å². The van der Waals surface area contributed by atoms with Gasteiger partial charge in [-0.1, -0.05) is 62.4 Å². The van der Waals surface area contributed by atoms with E-state index in [0.29, 0.717) is 19.4 Å². The molecule has 3 rings (SSSR count). The highest BCUT2D eigenvalue weighted by Crippen LogP contribution is 2.24. The van der Waals surface area contributed by atoms with E-state index < -0.39 is 17.5 Å². The molecule has 2 aromatic rings. The first kappa shape index (κ1) is 20.4. The number of anilines is 1. The van der Waals surface area contributed by atoms with Gasteiger partial charge in [-0.25, -0.2) is 4.79 Å². The van der Waals surface area contributed by atoms with Gasteiger partial charge in [0.2, 0.25) is 0 Å². The Hall–Kier alpha value is -3.35. The van der Waals surface area contributed by atoms with Crippen LogP contribution < -0.4 is 15.8 Å². The summed E-state index contributed by atoms with van der Waals surface area (Å²) in [5, 5.41) is 4.45. The minimum atomic E-state index is -0.916. The van der Waals surface area contributed by atoms with Crippen LogP contribution in [0.3, 0.4) is 0 Å². The minimum Gasteiger partial charge on any atom is -0.323 e. The third-order valence-corrected chi connectivity index (χ3v) is 5.27. The van der Waals surface area contributed by atoms with Gasteiger partial charge in [0.05, 0.1) is 12.2 Å². The molecule has 152 valence electrons. The summed E-state index contributed by atoms with van der Waals surface area (Å²) in [5.41, 5.74) is 3.74. The zero-order chi connectivity index (χ0) is 20.9. The Bertz CT molecular complexity index is 866. The molecule has 2 N–H and O–H groups in total. The van der Waals surface area contributed by atoms with Gasteiger partial charge in [0.1, 0.15) is 12.1 Å². The molecule has 0 radical (unpaired) electrons. The van der Waals surface area contributed by atoms with E-state index in [1.54, 1.807) is 5.01 Å². The fraction of sp³-hybridized carbons (Fsp3) is 0.318. The molecular formula is C22H26N4O3. The SMILES string of the molecule is CCC1(CC)NC(=O)N(CC(=O)NN(Cc2ccccc2)c2ccccc2)C1=O. The molecule has 0 bridgehead atoms. The molecule has 0 unspecified atom stereocenters. The number of hydrogen-bond donors (Lipinski definition) is 2. The lowest BCUT2D eigenvalue weighted by Gasteiger charge is -2.27. The van der Waals surface area contributed by atoms with E-state index in [2.05, 4.69) is 10.7 Å². The Morgan fingerprint density at radius 2 is 1.59 bits per heavy atom. The Balaban J connectivity index is 1.73. The molecule has 1 aliphatic heterocycles. The standard InChI is InChI=1S/C22H26N4O3/c1-3-22(4-2)20(28)25(21(29)23-22)16-19(27)24-26(18-13-9-6-10-14-18)15-17-11-7-5-8-12-17/h5-14H,3-4,15-16H2,1-2H3,(H,23,29)(H,24,27). The summed E-state index contributed by atoms with van der Waals surface area (Å²) in [6.45, 7) is 3.82. The molecule has 7 nitrogen and oxygen atoms in total. The maximum atomic E-state index is 12.7. The Labute approximate surface area is 170 Å². The van der Waals surface area contributed by atoms with Crippen LogP contribution in [0.5, 0.6) is 0 Å². The van der Waals surface area contributed by atoms with Gasteiger partial charge >= 0.3 is 6.03 Å². The van der Waals surface area contributed by atoms with Gasteiger partial charge in [0.15, 0.2) is 0 Å². The monoisotopic (exact) mass is 394 g/mol. The number of imide groups is 1. The molecule has 0 saturated carbocycles. The summed E-state index contributed by atoms with van der Waals surface area (Å²) in [6, 6.07) is 18.6. The van der Waals surface area contributed by atoms with Crippen molar-refractivity contribution >= 4 is 23.5 Å². The molecule has 7 heteroatoms.